The summed E-state index contributed by atoms with van der Waals surface area (Å²) < 4.78 is 6.67. The fourth-order valence-electron chi connectivity index (χ4n) is 1.40. The van der Waals surface area contributed by atoms with Crippen molar-refractivity contribution in [3.63, 3.8) is 0 Å². The van der Waals surface area contributed by atoms with Crippen LogP contribution < -0.4 is 10.1 Å². The Morgan fingerprint density at radius 2 is 2.41 bits per heavy atom. The monoisotopic (exact) mass is 241 g/mol. The van der Waals surface area contributed by atoms with E-state index in [2.05, 4.69) is 10.4 Å². The molecular formula is C11H19N3O3. The maximum atomic E-state index is 11.4. The van der Waals surface area contributed by atoms with Gasteiger partial charge in [-0.2, -0.15) is 5.10 Å². The Bertz CT molecular complexity index is 374. The predicted molar refractivity (Wildman–Crippen MR) is 62.5 cm³/mol. The largest absolute Gasteiger partial charge is 0.481 e. The molecule has 0 fully saturated rings. The Hall–Kier alpha value is -1.56. The van der Waals surface area contributed by atoms with E-state index in [4.69, 9.17) is 9.84 Å². The molecule has 0 aromatic carbocycles. The highest BCUT2D eigenvalue weighted by Gasteiger charge is 2.07. The molecule has 0 aliphatic heterocycles. The van der Waals surface area contributed by atoms with Gasteiger partial charge in [-0.25, -0.2) is 4.68 Å². The molecular weight excluding hydrogens is 222 g/mol. The van der Waals surface area contributed by atoms with Gasteiger partial charge in [-0.3, -0.25) is 4.79 Å². The third kappa shape index (κ3) is 4.44. The van der Waals surface area contributed by atoms with E-state index in [1.807, 2.05) is 0 Å². The molecule has 1 atom stereocenters. The molecule has 96 valence electrons. The minimum absolute atomic E-state index is 0.0875. The fraction of sp³-hybridized carbons (Fsp3) is 0.636. The molecule has 17 heavy (non-hydrogen) atoms. The van der Waals surface area contributed by atoms with Crippen molar-refractivity contribution >= 4 is 5.91 Å². The van der Waals surface area contributed by atoms with Crippen LogP contribution in [0.5, 0.6) is 5.88 Å². The molecule has 0 aliphatic carbocycles. The quantitative estimate of drug-likeness (QED) is 0.746. The molecule has 0 aliphatic rings. The van der Waals surface area contributed by atoms with E-state index < -0.39 is 6.10 Å². The van der Waals surface area contributed by atoms with Gasteiger partial charge in [0.1, 0.15) is 0 Å². The SMILES string of the molecule is COc1cc(CNC(=O)CCC(C)O)nn1C. The third-order valence-corrected chi connectivity index (χ3v) is 2.35. The van der Waals surface area contributed by atoms with Crippen LogP contribution >= 0.6 is 0 Å². The van der Waals surface area contributed by atoms with Crippen molar-refractivity contribution < 1.29 is 14.6 Å². The van der Waals surface area contributed by atoms with Crippen molar-refractivity contribution in [3.8, 4) is 5.88 Å². The average Bonchev–Trinajstić information content (AvgIpc) is 2.64. The van der Waals surface area contributed by atoms with E-state index in [1.165, 1.54) is 0 Å². The summed E-state index contributed by atoms with van der Waals surface area (Å²) in [5, 5.41) is 16.0. The Balaban J connectivity index is 2.36. The van der Waals surface area contributed by atoms with Gasteiger partial charge in [-0.15, -0.1) is 0 Å². The van der Waals surface area contributed by atoms with Crippen LogP contribution in [0, 0.1) is 0 Å². The summed E-state index contributed by atoms with van der Waals surface area (Å²) in [5.41, 5.74) is 0.745. The lowest BCUT2D eigenvalue weighted by atomic mass is 10.2. The van der Waals surface area contributed by atoms with Gasteiger partial charge < -0.3 is 15.2 Å². The third-order valence-electron chi connectivity index (χ3n) is 2.35. The second-order valence-corrected chi connectivity index (χ2v) is 3.97. The number of ether oxygens (including phenoxy) is 1. The Morgan fingerprint density at radius 3 is 2.94 bits per heavy atom. The Labute approximate surface area is 101 Å². The summed E-state index contributed by atoms with van der Waals surface area (Å²) in [6, 6.07) is 1.77. The topological polar surface area (TPSA) is 76.4 Å². The molecule has 1 aromatic rings. The average molecular weight is 241 g/mol. The first-order valence-corrected chi connectivity index (χ1v) is 5.54. The van der Waals surface area contributed by atoms with Crippen LogP contribution in [0.4, 0.5) is 0 Å². The number of aliphatic hydroxyl groups excluding tert-OH is 1. The van der Waals surface area contributed by atoms with E-state index in [0.29, 0.717) is 25.3 Å². The van der Waals surface area contributed by atoms with E-state index in [-0.39, 0.29) is 5.91 Å². The second kappa shape index (κ2) is 6.24. The van der Waals surface area contributed by atoms with Crippen molar-refractivity contribution in [2.75, 3.05) is 7.11 Å². The van der Waals surface area contributed by atoms with Gasteiger partial charge in [0, 0.05) is 19.5 Å². The number of rotatable bonds is 6. The number of methoxy groups -OCH3 is 1. The Morgan fingerprint density at radius 1 is 1.71 bits per heavy atom. The van der Waals surface area contributed by atoms with Crippen LogP contribution in [0.25, 0.3) is 0 Å². The normalized spacial score (nSPS) is 12.2. The van der Waals surface area contributed by atoms with Crippen molar-refractivity contribution in [1.82, 2.24) is 15.1 Å². The maximum absolute atomic E-state index is 11.4. The number of carbonyl (C=O) groups is 1. The summed E-state index contributed by atoms with van der Waals surface area (Å²) in [5.74, 6) is 0.564. The molecule has 0 radical (unpaired) electrons. The summed E-state index contributed by atoms with van der Waals surface area (Å²) in [7, 11) is 3.35. The zero-order valence-electron chi connectivity index (χ0n) is 10.4. The highest BCUT2D eigenvalue weighted by Crippen LogP contribution is 2.10. The molecule has 1 amide bonds. The molecule has 0 bridgehead atoms. The molecule has 0 spiro atoms. The zero-order valence-corrected chi connectivity index (χ0v) is 10.4. The van der Waals surface area contributed by atoms with Crippen LogP contribution in [0.3, 0.4) is 0 Å². The number of amides is 1. The summed E-state index contributed by atoms with van der Waals surface area (Å²) in [6.45, 7) is 2.03. The van der Waals surface area contributed by atoms with Crippen LogP contribution in [0.15, 0.2) is 6.07 Å². The lowest BCUT2D eigenvalue weighted by Gasteiger charge is -2.04. The maximum Gasteiger partial charge on any atom is 0.220 e. The number of aliphatic hydroxyl groups is 1. The fourth-order valence-corrected chi connectivity index (χ4v) is 1.40. The number of hydrogen-bond donors (Lipinski definition) is 2. The van der Waals surface area contributed by atoms with Gasteiger partial charge >= 0.3 is 0 Å². The second-order valence-electron chi connectivity index (χ2n) is 3.97. The first-order chi connectivity index (χ1) is 8.02. The van der Waals surface area contributed by atoms with Gasteiger partial charge in [0.25, 0.3) is 0 Å². The predicted octanol–water partition coefficient (Wildman–Crippen LogP) is 0.206. The van der Waals surface area contributed by atoms with E-state index in [1.54, 1.807) is 31.8 Å². The Kier molecular flexibility index (Phi) is 4.96. The molecule has 1 aromatic heterocycles. The highest BCUT2D eigenvalue weighted by molar-refractivity contribution is 5.75. The summed E-state index contributed by atoms with van der Waals surface area (Å²) >= 11 is 0. The minimum Gasteiger partial charge on any atom is -0.481 e. The highest BCUT2D eigenvalue weighted by atomic mass is 16.5. The molecule has 2 N–H and O–H groups in total. The van der Waals surface area contributed by atoms with E-state index in [9.17, 15) is 4.79 Å². The summed E-state index contributed by atoms with van der Waals surface area (Å²) in [6.07, 6.45) is 0.342. The molecule has 6 heteroatoms. The molecule has 1 rings (SSSR count). The van der Waals surface area contributed by atoms with Crippen LogP contribution in [-0.4, -0.2) is 34.0 Å². The van der Waals surface area contributed by atoms with Crippen LogP contribution in [0.2, 0.25) is 0 Å². The van der Waals surface area contributed by atoms with E-state index in [0.717, 1.165) is 5.69 Å². The number of nitrogens with zero attached hydrogens (tertiary/aromatic N) is 2. The molecule has 0 saturated carbocycles. The molecule has 6 nitrogen and oxygen atoms in total. The van der Waals surface area contributed by atoms with Gasteiger partial charge in [0.2, 0.25) is 11.8 Å². The van der Waals surface area contributed by atoms with Crippen molar-refractivity contribution in [2.45, 2.75) is 32.4 Å². The first-order valence-electron chi connectivity index (χ1n) is 5.54. The number of nitrogens with one attached hydrogen (secondary N) is 1. The van der Waals surface area contributed by atoms with Gasteiger partial charge in [-0.05, 0) is 13.3 Å². The van der Waals surface area contributed by atoms with Gasteiger partial charge in [0.05, 0.1) is 25.5 Å². The van der Waals surface area contributed by atoms with Gasteiger partial charge in [-0.1, -0.05) is 0 Å². The lowest BCUT2D eigenvalue weighted by molar-refractivity contribution is -0.121. The number of hydrogen-bond acceptors (Lipinski definition) is 4. The van der Waals surface area contributed by atoms with E-state index >= 15 is 0 Å². The minimum atomic E-state index is -0.448. The molecule has 1 unspecified atom stereocenters. The van der Waals surface area contributed by atoms with Crippen molar-refractivity contribution in [2.24, 2.45) is 7.05 Å². The van der Waals surface area contributed by atoms with Crippen molar-refractivity contribution in [1.29, 1.82) is 0 Å². The smallest absolute Gasteiger partial charge is 0.220 e. The van der Waals surface area contributed by atoms with Crippen LogP contribution in [0.1, 0.15) is 25.5 Å². The van der Waals surface area contributed by atoms with Crippen molar-refractivity contribution in [3.05, 3.63) is 11.8 Å². The number of aryl methyl sites for hydroxylation is 1. The van der Waals surface area contributed by atoms with Gasteiger partial charge in [0.15, 0.2) is 0 Å². The summed E-state index contributed by atoms with van der Waals surface area (Å²) in [4.78, 5) is 11.4. The number of carbonyl (C=O) groups excluding carboxylic acids is 1. The zero-order chi connectivity index (χ0) is 12.8. The first kappa shape index (κ1) is 13.5. The lowest BCUT2D eigenvalue weighted by Crippen LogP contribution is -2.23. The molecule has 1 heterocycles. The molecule has 0 saturated heterocycles. The number of aromatic nitrogens is 2. The standard InChI is InChI=1S/C11H19N3O3/c1-8(15)4-5-10(16)12-7-9-6-11(17-3)14(2)13-9/h6,8,15H,4-5,7H2,1-3H3,(H,12,16). The van der Waals surface area contributed by atoms with Crippen LogP contribution in [-0.2, 0) is 18.4 Å².